The third-order valence-corrected chi connectivity index (χ3v) is 6.22. The van der Waals surface area contributed by atoms with Crippen molar-refractivity contribution in [2.75, 3.05) is 0 Å². The van der Waals surface area contributed by atoms with Gasteiger partial charge in [-0.15, -0.1) is 0 Å². The molecular weight excluding hydrogens is 244 g/mol. The minimum Gasteiger partial charge on any atom is -0.462 e. The Morgan fingerprint density at radius 1 is 1.32 bits per heavy atom. The Morgan fingerprint density at radius 2 is 2.00 bits per heavy atom. The van der Waals surface area contributed by atoms with Gasteiger partial charge in [-0.25, -0.2) is 0 Å². The maximum absolute atomic E-state index is 11.8. The first-order valence-electron chi connectivity index (χ1n) is 7.43. The summed E-state index contributed by atoms with van der Waals surface area (Å²) in [4.78, 5) is 11.8. The van der Waals surface area contributed by atoms with E-state index in [0.29, 0.717) is 6.42 Å². The first-order valence-corrected chi connectivity index (χ1v) is 7.43. The van der Waals surface area contributed by atoms with Crippen LogP contribution >= 0.6 is 0 Å². The van der Waals surface area contributed by atoms with E-state index in [1.165, 1.54) is 0 Å². The largest absolute Gasteiger partial charge is 0.462 e. The molecule has 0 aromatic heterocycles. The van der Waals surface area contributed by atoms with Gasteiger partial charge in [-0.05, 0) is 18.8 Å². The fraction of sp³-hybridized carbons (Fsp3) is 0.933. The molecule has 0 aromatic rings. The quantitative estimate of drug-likeness (QED) is 0.651. The third kappa shape index (κ3) is 1.69. The fourth-order valence-corrected chi connectivity index (χ4v) is 4.80. The molecule has 0 spiro atoms. The van der Waals surface area contributed by atoms with Crippen LogP contribution in [0.1, 0.15) is 40.0 Å². The molecule has 0 amide bonds. The number of aliphatic hydroxyl groups excluding tert-OH is 2. The number of fused-ring (bicyclic) bond motifs is 3. The van der Waals surface area contributed by atoms with Crippen molar-refractivity contribution in [3.63, 3.8) is 0 Å². The minimum atomic E-state index is -0.501. The summed E-state index contributed by atoms with van der Waals surface area (Å²) in [5.74, 6) is 0.239. The van der Waals surface area contributed by atoms with Gasteiger partial charge in [0.15, 0.2) is 0 Å². The normalized spacial score (nSPS) is 57.3. The van der Waals surface area contributed by atoms with Crippen LogP contribution < -0.4 is 0 Å². The SMILES string of the molecule is CC1C(=O)O[C@@H]2[C@H]3[C@@H](C)[C@@H](O)C[C@@H](O)[C@]3(C)CC[C@@H]12. The van der Waals surface area contributed by atoms with Crippen molar-refractivity contribution in [3.05, 3.63) is 0 Å². The number of hydrogen-bond donors (Lipinski definition) is 2. The van der Waals surface area contributed by atoms with E-state index in [0.717, 1.165) is 12.8 Å². The molecule has 4 heteroatoms. The van der Waals surface area contributed by atoms with Crippen LogP contribution in [0.3, 0.4) is 0 Å². The number of hydrogen-bond acceptors (Lipinski definition) is 4. The molecule has 1 saturated heterocycles. The Morgan fingerprint density at radius 3 is 2.68 bits per heavy atom. The number of esters is 1. The van der Waals surface area contributed by atoms with Crippen molar-refractivity contribution in [1.82, 2.24) is 0 Å². The smallest absolute Gasteiger partial charge is 0.309 e. The Hall–Kier alpha value is -0.610. The maximum Gasteiger partial charge on any atom is 0.309 e. The van der Waals surface area contributed by atoms with Crippen LogP contribution in [0.2, 0.25) is 0 Å². The summed E-state index contributed by atoms with van der Waals surface area (Å²) in [5, 5.41) is 20.6. The second-order valence-electron chi connectivity index (χ2n) is 7.10. The molecule has 0 bridgehead atoms. The summed E-state index contributed by atoms with van der Waals surface area (Å²) >= 11 is 0. The monoisotopic (exact) mass is 268 g/mol. The molecule has 3 fully saturated rings. The lowest BCUT2D eigenvalue weighted by atomic mass is 9.51. The topological polar surface area (TPSA) is 66.8 Å². The fourth-order valence-electron chi connectivity index (χ4n) is 4.80. The minimum absolute atomic E-state index is 0.0436. The van der Waals surface area contributed by atoms with Crippen molar-refractivity contribution in [2.24, 2.45) is 29.1 Å². The number of carbonyl (C=O) groups excluding carboxylic acids is 1. The Balaban J connectivity index is 1.97. The van der Waals surface area contributed by atoms with E-state index in [2.05, 4.69) is 6.92 Å². The average molecular weight is 268 g/mol. The van der Waals surface area contributed by atoms with Gasteiger partial charge in [0, 0.05) is 23.7 Å². The first-order chi connectivity index (χ1) is 8.86. The zero-order valence-corrected chi connectivity index (χ0v) is 11.9. The molecule has 8 atom stereocenters. The van der Waals surface area contributed by atoms with Crippen LogP contribution in [0.25, 0.3) is 0 Å². The Bertz CT molecular complexity index is 396. The van der Waals surface area contributed by atoms with E-state index < -0.39 is 12.2 Å². The number of carbonyl (C=O) groups is 1. The molecule has 19 heavy (non-hydrogen) atoms. The zero-order chi connectivity index (χ0) is 13.9. The number of rotatable bonds is 0. The van der Waals surface area contributed by atoms with Crippen LogP contribution in [-0.4, -0.2) is 34.5 Å². The summed E-state index contributed by atoms with van der Waals surface area (Å²) in [7, 11) is 0. The lowest BCUT2D eigenvalue weighted by Gasteiger charge is -2.55. The van der Waals surface area contributed by atoms with Gasteiger partial charge in [0.2, 0.25) is 0 Å². The van der Waals surface area contributed by atoms with Gasteiger partial charge in [-0.1, -0.05) is 20.8 Å². The van der Waals surface area contributed by atoms with Crippen molar-refractivity contribution < 1.29 is 19.7 Å². The molecule has 108 valence electrons. The van der Waals surface area contributed by atoms with Gasteiger partial charge in [0.25, 0.3) is 0 Å². The summed E-state index contributed by atoms with van der Waals surface area (Å²) in [6, 6.07) is 0. The molecule has 1 heterocycles. The maximum atomic E-state index is 11.8. The number of aliphatic hydroxyl groups is 2. The zero-order valence-electron chi connectivity index (χ0n) is 11.9. The molecule has 0 radical (unpaired) electrons. The first kappa shape index (κ1) is 13.4. The Kier molecular flexibility index (Phi) is 2.95. The van der Waals surface area contributed by atoms with Crippen LogP contribution in [0.4, 0.5) is 0 Å². The van der Waals surface area contributed by atoms with Gasteiger partial charge < -0.3 is 14.9 Å². The molecule has 3 rings (SSSR count). The molecule has 2 aliphatic carbocycles. The van der Waals surface area contributed by atoms with E-state index in [1.54, 1.807) is 0 Å². The highest BCUT2D eigenvalue weighted by atomic mass is 16.6. The highest BCUT2D eigenvalue weighted by Gasteiger charge is 2.61. The molecule has 3 aliphatic rings. The van der Waals surface area contributed by atoms with Crippen molar-refractivity contribution >= 4 is 5.97 Å². The van der Waals surface area contributed by atoms with Crippen LogP contribution in [0, 0.1) is 29.1 Å². The van der Waals surface area contributed by atoms with Crippen molar-refractivity contribution in [1.29, 1.82) is 0 Å². The summed E-state index contributed by atoms with van der Waals surface area (Å²) in [6.07, 6.45) is 1.17. The molecule has 1 aliphatic heterocycles. The van der Waals surface area contributed by atoms with Gasteiger partial charge in [-0.3, -0.25) is 4.79 Å². The van der Waals surface area contributed by atoms with Crippen LogP contribution in [0.5, 0.6) is 0 Å². The highest BCUT2D eigenvalue weighted by Crippen LogP contribution is 2.57. The highest BCUT2D eigenvalue weighted by molar-refractivity contribution is 5.75. The van der Waals surface area contributed by atoms with E-state index in [-0.39, 0.29) is 41.2 Å². The third-order valence-electron chi connectivity index (χ3n) is 6.22. The standard InChI is InChI=1S/C15H24O4/c1-7-9-4-5-15(3)11(17)6-10(16)8(2)12(15)13(9)19-14(7)18/h7-13,16-17H,4-6H2,1-3H3/t7?,8-,9-,10-,11+,12+,13-,15-/m0/s1. The second kappa shape index (κ2) is 4.19. The number of ether oxygens (including phenoxy) is 1. The van der Waals surface area contributed by atoms with E-state index in [9.17, 15) is 15.0 Å². The average Bonchev–Trinajstić information content (AvgIpc) is 2.63. The van der Waals surface area contributed by atoms with E-state index in [1.807, 2.05) is 13.8 Å². The molecule has 2 saturated carbocycles. The van der Waals surface area contributed by atoms with Gasteiger partial charge >= 0.3 is 5.97 Å². The van der Waals surface area contributed by atoms with E-state index >= 15 is 0 Å². The summed E-state index contributed by atoms with van der Waals surface area (Å²) in [5.41, 5.74) is -0.232. The molecule has 4 nitrogen and oxygen atoms in total. The van der Waals surface area contributed by atoms with Crippen molar-refractivity contribution in [3.8, 4) is 0 Å². The van der Waals surface area contributed by atoms with Crippen LogP contribution in [-0.2, 0) is 9.53 Å². The summed E-state index contributed by atoms with van der Waals surface area (Å²) in [6.45, 7) is 6.06. The molecular formula is C15H24O4. The lowest BCUT2D eigenvalue weighted by Crippen LogP contribution is -2.59. The van der Waals surface area contributed by atoms with Gasteiger partial charge in [-0.2, -0.15) is 0 Å². The predicted octanol–water partition coefficient (Wildman–Crippen LogP) is 1.34. The molecule has 1 unspecified atom stereocenters. The Labute approximate surface area is 114 Å². The molecule has 2 N–H and O–H groups in total. The van der Waals surface area contributed by atoms with E-state index in [4.69, 9.17) is 4.74 Å². The van der Waals surface area contributed by atoms with Gasteiger partial charge in [0.05, 0.1) is 18.1 Å². The summed E-state index contributed by atoms with van der Waals surface area (Å²) < 4.78 is 5.62. The predicted molar refractivity (Wildman–Crippen MR) is 69.2 cm³/mol. The van der Waals surface area contributed by atoms with Crippen molar-refractivity contribution in [2.45, 2.75) is 58.3 Å². The molecule has 0 aromatic carbocycles. The second-order valence-corrected chi connectivity index (χ2v) is 7.10. The van der Waals surface area contributed by atoms with Gasteiger partial charge in [0.1, 0.15) is 6.10 Å². The van der Waals surface area contributed by atoms with Crippen LogP contribution in [0.15, 0.2) is 0 Å². The lowest BCUT2D eigenvalue weighted by molar-refractivity contribution is -0.186.